The Morgan fingerprint density at radius 1 is 1.38 bits per heavy atom. The molecule has 3 nitrogen and oxygen atoms in total. The van der Waals surface area contributed by atoms with Crippen LogP contribution < -0.4 is 10.6 Å². The van der Waals surface area contributed by atoms with Crippen molar-refractivity contribution < 1.29 is 4.79 Å². The van der Waals surface area contributed by atoms with E-state index in [1.165, 1.54) is 0 Å². The van der Waals surface area contributed by atoms with Crippen LogP contribution in [0.25, 0.3) is 0 Å². The molecule has 1 aromatic carbocycles. The van der Waals surface area contributed by atoms with E-state index >= 15 is 0 Å². The quantitative estimate of drug-likeness (QED) is 0.831. The highest BCUT2D eigenvalue weighted by Crippen LogP contribution is 2.13. The molecule has 0 aliphatic heterocycles. The summed E-state index contributed by atoms with van der Waals surface area (Å²) < 4.78 is 0. The smallest absolute Gasteiger partial charge is 0.241 e. The van der Waals surface area contributed by atoms with Crippen molar-refractivity contribution in [1.29, 1.82) is 0 Å². The van der Waals surface area contributed by atoms with Crippen LogP contribution in [-0.2, 0) is 4.79 Å². The Bertz CT molecular complexity index is 337. The van der Waals surface area contributed by atoms with E-state index in [0.717, 1.165) is 18.7 Å². The topological polar surface area (TPSA) is 41.1 Å². The summed E-state index contributed by atoms with van der Waals surface area (Å²) in [5.41, 5.74) is 0.763. The first-order valence-corrected chi connectivity index (χ1v) is 5.81. The lowest BCUT2D eigenvalue weighted by atomic mass is 10.2. The van der Waals surface area contributed by atoms with Crippen molar-refractivity contribution in [2.24, 2.45) is 0 Å². The minimum Gasteiger partial charge on any atom is -0.325 e. The fourth-order valence-electron chi connectivity index (χ4n) is 1.24. The van der Waals surface area contributed by atoms with Gasteiger partial charge in [-0.05, 0) is 44.2 Å². The maximum Gasteiger partial charge on any atom is 0.241 e. The van der Waals surface area contributed by atoms with Crippen molar-refractivity contribution in [3.05, 3.63) is 29.3 Å². The van der Waals surface area contributed by atoms with Gasteiger partial charge in [0.05, 0.1) is 6.04 Å². The molecule has 0 saturated heterocycles. The molecule has 0 aromatic heterocycles. The zero-order chi connectivity index (χ0) is 12.0. The Morgan fingerprint density at radius 3 is 2.56 bits per heavy atom. The highest BCUT2D eigenvalue weighted by Gasteiger charge is 2.11. The van der Waals surface area contributed by atoms with Gasteiger partial charge in [0, 0.05) is 10.7 Å². The lowest BCUT2D eigenvalue weighted by Gasteiger charge is -2.13. The van der Waals surface area contributed by atoms with Crippen LogP contribution in [0, 0.1) is 0 Å². The van der Waals surface area contributed by atoms with E-state index < -0.39 is 0 Å². The Morgan fingerprint density at radius 2 is 2.00 bits per heavy atom. The largest absolute Gasteiger partial charge is 0.325 e. The molecule has 0 spiro atoms. The molecule has 0 fully saturated rings. The van der Waals surface area contributed by atoms with Crippen LogP contribution in [-0.4, -0.2) is 18.5 Å². The molecule has 0 saturated carbocycles. The molecule has 0 aliphatic carbocycles. The minimum atomic E-state index is -0.185. The summed E-state index contributed by atoms with van der Waals surface area (Å²) >= 11 is 5.75. The van der Waals surface area contributed by atoms with Gasteiger partial charge in [-0.15, -0.1) is 0 Å². The number of hydrogen-bond donors (Lipinski definition) is 2. The number of anilines is 1. The van der Waals surface area contributed by atoms with Gasteiger partial charge in [-0.1, -0.05) is 18.5 Å². The van der Waals surface area contributed by atoms with Crippen LogP contribution in [0.1, 0.15) is 20.3 Å². The SMILES string of the molecule is CCCNC(C)C(=O)Nc1ccc(Cl)cc1. The highest BCUT2D eigenvalue weighted by atomic mass is 35.5. The number of carbonyl (C=O) groups is 1. The van der Waals surface area contributed by atoms with Crippen molar-refractivity contribution in [1.82, 2.24) is 5.32 Å². The first-order valence-electron chi connectivity index (χ1n) is 5.43. The monoisotopic (exact) mass is 240 g/mol. The van der Waals surface area contributed by atoms with Gasteiger partial charge in [-0.25, -0.2) is 0 Å². The lowest BCUT2D eigenvalue weighted by Crippen LogP contribution is -2.38. The van der Waals surface area contributed by atoms with Gasteiger partial charge >= 0.3 is 0 Å². The predicted molar refractivity (Wildman–Crippen MR) is 67.8 cm³/mol. The summed E-state index contributed by atoms with van der Waals surface area (Å²) in [7, 11) is 0. The normalized spacial score (nSPS) is 12.2. The van der Waals surface area contributed by atoms with Gasteiger partial charge in [-0.2, -0.15) is 0 Å². The first kappa shape index (κ1) is 13.0. The number of rotatable bonds is 5. The molecule has 0 radical (unpaired) electrons. The third kappa shape index (κ3) is 4.21. The number of nitrogens with one attached hydrogen (secondary N) is 2. The molecule has 1 atom stereocenters. The van der Waals surface area contributed by atoms with Crippen LogP contribution in [0.5, 0.6) is 0 Å². The molecule has 2 N–H and O–H groups in total. The number of amides is 1. The van der Waals surface area contributed by atoms with Crippen molar-refractivity contribution in [3.8, 4) is 0 Å². The van der Waals surface area contributed by atoms with E-state index in [-0.39, 0.29) is 11.9 Å². The third-order valence-electron chi connectivity index (χ3n) is 2.21. The molecule has 0 aliphatic rings. The molecule has 1 unspecified atom stereocenters. The van der Waals surface area contributed by atoms with Gasteiger partial charge in [-0.3, -0.25) is 4.79 Å². The predicted octanol–water partition coefficient (Wildman–Crippen LogP) is 2.67. The maximum atomic E-state index is 11.7. The molecule has 1 amide bonds. The molecule has 16 heavy (non-hydrogen) atoms. The second kappa shape index (κ2) is 6.51. The molecular formula is C12H17ClN2O. The van der Waals surface area contributed by atoms with Crippen LogP contribution in [0.3, 0.4) is 0 Å². The van der Waals surface area contributed by atoms with Crippen molar-refractivity contribution >= 4 is 23.2 Å². The Balaban J connectivity index is 2.47. The fraction of sp³-hybridized carbons (Fsp3) is 0.417. The summed E-state index contributed by atoms with van der Waals surface area (Å²) in [6.07, 6.45) is 1.01. The van der Waals surface area contributed by atoms with Gasteiger partial charge in [0.15, 0.2) is 0 Å². The van der Waals surface area contributed by atoms with E-state index in [9.17, 15) is 4.79 Å². The Hall–Kier alpha value is -1.06. The minimum absolute atomic E-state index is 0.0317. The second-order valence-electron chi connectivity index (χ2n) is 3.67. The van der Waals surface area contributed by atoms with Crippen molar-refractivity contribution in [2.75, 3.05) is 11.9 Å². The summed E-state index contributed by atoms with van der Waals surface area (Å²) in [6.45, 7) is 4.76. The number of benzene rings is 1. The van der Waals surface area contributed by atoms with Gasteiger partial charge in [0.2, 0.25) is 5.91 Å². The fourth-order valence-corrected chi connectivity index (χ4v) is 1.36. The van der Waals surface area contributed by atoms with E-state index in [4.69, 9.17) is 11.6 Å². The number of hydrogen-bond acceptors (Lipinski definition) is 2. The summed E-state index contributed by atoms with van der Waals surface area (Å²) in [4.78, 5) is 11.7. The van der Waals surface area contributed by atoms with Crippen LogP contribution >= 0.6 is 11.6 Å². The van der Waals surface area contributed by atoms with Gasteiger partial charge in [0.25, 0.3) is 0 Å². The van der Waals surface area contributed by atoms with Crippen molar-refractivity contribution in [2.45, 2.75) is 26.3 Å². The van der Waals surface area contributed by atoms with Gasteiger partial charge in [0.1, 0.15) is 0 Å². The average molecular weight is 241 g/mol. The zero-order valence-electron chi connectivity index (χ0n) is 9.59. The Kier molecular flexibility index (Phi) is 5.29. The maximum absolute atomic E-state index is 11.7. The first-order chi connectivity index (χ1) is 7.63. The third-order valence-corrected chi connectivity index (χ3v) is 2.46. The second-order valence-corrected chi connectivity index (χ2v) is 4.11. The van der Waals surface area contributed by atoms with Crippen LogP contribution in [0.15, 0.2) is 24.3 Å². The molecule has 1 aromatic rings. The van der Waals surface area contributed by atoms with E-state index in [0.29, 0.717) is 5.02 Å². The summed E-state index contributed by atoms with van der Waals surface area (Å²) in [6, 6.07) is 6.89. The number of carbonyl (C=O) groups excluding carboxylic acids is 1. The molecule has 0 bridgehead atoms. The van der Waals surface area contributed by atoms with E-state index in [2.05, 4.69) is 17.6 Å². The average Bonchev–Trinajstić information content (AvgIpc) is 2.29. The molecule has 1 rings (SSSR count). The molecule has 4 heteroatoms. The summed E-state index contributed by atoms with van der Waals surface area (Å²) in [5.74, 6) is -0.0317. The van der Waals surface area contributed by atoms with Gasteiger partial charge < -0.3 is 10.6 Å². The van der Waals surface area contributed by atoms with Crippen molar-refractivity contribution in [3.63, 3.8) is 0 Å². The zero-order valence-corrected chi connectivity index (χ0v) is 10.3. The van der Waals surface area contributed by atoms with E-state index in [1.54, 1.807) is 24.3 Å². The Labute approximate surface area is 101 Å². The number of halogens is 1. The summed E-state index contributed by atoms with van der Waals surface area (Å²) in [5, 5.41) is 6.61. The lowest BCUT2D eigenvalue weighted by molar-refractivity contribution is -0.117. The van der Waals surface area contributed by atoms with Crippen LogP contribution in [0.2, 0.25) is 5.02 Å². The highest BCUT2D eigenvalue weighted by molar-refractivity contribution is 6.30. The standard InChI is InChI=1S/C12H17ClN2O/c1-3-8-14-9(2)12(16)15-11-6-4-10(13)5-7-11/h4-7,9,14H,3,8H2,1-2H3,(H,15,16). The van der Waals surface area contributed by atoms with E-state index in [1.807, 2.05) is 6.92 Å². The molecule has 0 heterocycles. The molecule has 88 valence electrons. The molecular weight excluding hydrogens is 224 g/mol. The van der Waals surface area contributed by atoms with Crippen LogP contribution in [0.4, 0.5) is 5.69 Å².